The van der Waals surface area contributed by atoms with Crippen molar-refractivity contribution in [2.45, 2.75) is 6.18 Å². The largest absolute Gasteiger partial charge is 0.480 e. The van der Waals surface area contributed by atoms with Crippen LogP contribution in [0.4, 0.5) is 19.0 Å². The number of amides is 1. The molecule has 132 valence electrons. The molecule has 2 aromatic rings. The predicted molar refractivity (Wildman–Crippen MR) is 82.1 cm³/mol. The summed E-state index contributed by atoms with van der Waals surface area (Å²) in [6.45, 7) is -0.215. The number of pyridine rings is 1. The first kappa shape index (κ1) is 17.1. The quantitative estimate of drug-likeness (QED) is 0.838. The van der Waals surface area contributed by atoms with Gasteiger partial charge in [-0.05, 0) is 24.1 Å². The smallest absolute Gasteiger partial charge is 0.432 e. The van der Waals surface area contributed by atoms with E-state index in [4.69, 9.17) is 4.74 Å². The van der Waals surface area contributed by atoms with Crippen LogP contribution >= 0.6 is 11.9 Å². The minimum atomic E-state index is -4.87. The molecule has 0 unspecified atom stereocenters. The summed E-state index contributed by atoms with van der Waals surface area (Å²) in [6, 6.07) is 2.90. The molecule has 0 aliphatic carbocycles. The van der Waals surface area contributed by atoms with Crippen LogP contribution in [0.2, 0.25) is 0 Å². The molecule has 12 heteroatoms. The van der Waals surface area contributed by atoms with E-state index >= 15 is 0 Å². The standard InChI is InChI=1S/C13H9F3N4O4S/c1-25-20-7(13(14,15)16)4-10(22)19(12(20)23)8-3-2-6-11(17-8)18-9(21)5-24-6/h2-4H,5H2,1H3,(H,17,18,21). The van der Waals surface area contributed by atoms with Crippen LogP contribution in [-0.4, -0.2) is 32.3 Å². The second kappa shape index (κ2) is 5.95. The Labute approximate surface area is 141 Å². The Hall–Kier alpha value is -2.76. The predicted octanol–water partition coefficient (Wildman–Crippen LogP) is 0.870. The molecule has 1 amide bonds. The summed E-state index contributed by atoms with van der Waals surface area (Å²) in [7, 11) is 0. The maximum atomic E-state index is 13.0. The first-order valence-corrected chi connectivity index (χ1v) is 7.85. The van der Waals surface area contributed by atoms with Crippen LogP contribution in [0.5, 0.6) is 5.75 Å². The molecule has 25 heavy (non-hydrogen) atoms. The molecule has 0 fully saturated rings. The number of hydrogen-bond acceptors (Lipinski definition) is 6. The SMILES string of the molecule is CSn1c(C(F)(F)F)cc(=O)n(-c2ccc3c(n2)NC(=O)CO3)c1=O. The van der Waals surface area contributed by atoms with E-state index in [1.165, 1.54) is 18.4 Å². The lowest BCUT2D eigenvalue weighted by Gasteiger charge is -2.18. The number of alkyl halides is 3. The molecule has 0 saturated carbocycles. The molecule has 3 rings (SSSR count). The third kappa shape index (κ3) is 2.99. The van der Waals surface area contributed by atoms with Gasteiger partial charge >= 0.3 is 11.9 Å². The molecule has 3 heterocycles. The van der Waals surface area contributed by atoms with Crippen LogP contribution in [-0.2, 0) is 11.0 Å². The Kier molecular flexibility index (Phi) is 4.06. The van der Waals surface area contributed by atoms with Gasteiger partial charge in [0.05, 0.1) is 0 Å². The number of carbonyl (C=O) groups is 1. The molecule has 0 saturated heterocycles. The van der Waals surface area contributed by atoms with Gasteiger partial charge < -0.3 is 10.1 Å². The lowest BCUT2D eigenvalue weighted by Crippen LogP contribution is -2.40. The van der Waals surface area contributed by atoms with E-state index in [1.54, 1.807) is 0 Å². The molecule has 0 radical (unpaired) electrons. The zero-order chi connectivity index (χ0) is 18.4. The molecule has 0 bridgehead atoms. The summed E-state index contributed by atoms with van der Waals surface area (Å²) in [6.07, 6.45) is -3.61. The zero-order valence-electron chi connectivity index (χ0n) is 12.5. The summed E-state index contributed by atoms with van der Waals surface area (Å²) in [4.78, 5) is 39.7. The Balaban J connectivity index is 2.22. The maximum Gasteiger partial charge on any atom is 0.432 e. The van der Waals surface area contributed by atoms with E-state index in [0.717, 1.165) is 0 Å². The van der Waals surface area contributed by atoms with Crippen molar-refractivity contribution in [1.29, 1.82) is 0 Å². The van der Waals surface area contributed by atoms with E-state index in [1.807, 2.05) is 0 Å². The Morgan fingerprint density at radius 2 is 2.00 bits per heavy atom. The maximum absolute atomic E-state index is 13.0. The summed E-state index contributed by atoms with van der Waals surface area (Å²) in [5.41, 5.74) is -3.79. The molecule has 1 aliphatic rings. The fourth-order valence-electron chi connectivity index (χ4n) is 2.19. The highest BCUT2D eigenvalue weighted by atomic mass is 32.2. The van der Waals surface area contributed by atoms with Crippen LogP contribution in [0.15, 0.2) is 27.8 Å². The highest BCUT2D eigenvalue weighted by Gasteiger charge is 2.36. The first-order valence-electron chi connectivity index (χ1n) is 6.67. The molecule has 0 atom stereocenters. The molecule has 8 nitrogen and oxygen atoms in total. The van der Waals surface area contributed by atoms with E-state index in [-0.39, 0.29) is 24.0 Å². The van der Waals surface area contributed by atoms with E-state index in [9.17, 15) is 27.6 Å². The van der Waals surface area contributed by atoms with Crippen LogP contribution in [0, 0.1) is 0 Å². The highest BCUT2D eigenvalue weighted by Crippen LogP contribution is 2.29. The fraction of sp³-hybridized carbons (Fsp3) is 0.231. The Morgan fingerprint density at radius 3 is 2.64 bits per heavy atom. The number of rotatable bonds is 2. The summed E-state index contributed by atoms with van der Waals surface area (Å²) >= 11 is 0.498. The van der Waals surface area contributed by atoms with Crippen LogP contribution in [0.25, 0.3) is 5.82 Å². The molecule has 2 aromatic heterocycles. The summed E-state index contributed by atoms with van der Waals surface area (Å²) in [5.74, 6) is -0.543. The minimum absolute atomic E-state index is 0.0318. The zero-order valence-corrected chi connectivity index (χ0v) is 13.3. The summed E-state index contributed by atoms with van der Waals surface area (Å²) < 4.78 is 44.9. The number of halogens is 3. The van der Waals surface area contributed by atoms with Crippen LogP contribution in [0.3, 0.4) is 0 Å². The molecule has 1 aliphatic heterocycles. The van der Waals surface area contributed by atoms with Crippen molar-refractivity contribution in [3.63, 3.8) is 0 Å². The normalized spacial score (nSPS) is 13.8. The first-order chi connectivity index (χ1) is 11.7. The lowest BCUT2D eigenvalue weighted by atomic mass is 10.3. The molecular weight excluding hydrogens is 365 g/mol. The van der Waals surface area contributed by atoms with Crippen molar-refractivity contribution in [3.8, 4) is 11.6 Å². The van der Waals surface area contributed by atoms with Gasteiger partial charge in [-0.15, -0.1) is 0 Å². The van der Waals surface area contributed by atoms with Gasteiger partial charge in [0.25, 0.3) is 11.5 Å². The summed E-state index contributed by atoms with van der Waals surface area (Å²) in [5, 5.41) is 2.39. The van der Waals surface area contributed by atoms with Crippen molar-refractivity contribution in [3.05, 3.63) is 44.7 Å². The average molecular weight is 374 g/mol. The van der Waals surface area contributed by atoms with Gasteiger partial charge in [0, 0.05) is 12.3 Å². The Bertz CT molecular complexity index is 983. The molecule has 0 spiro atoms. The van der Waals surface area contributed by atoms with Crippen LogP contribution < -0.4 is 21.3 Å². The van der Waals surface area contributed by atoms with Crippen molar-refractivity contribution < 1.29 is 22.7 Å². The van der Waals surface area contributed by atoms with Crippen molar-refractivity contribution >= 4 is 23.7 Å². The Morgan fingerprint density at radius 1 is 1.28 bits per heavy atom. The van der Waals surface area contributed by atoms with Gasteiger partial charge in [0.15, 0.2) is 18.2 Å². The van der Waals surface area contributed by atoms with E-state index in [2.05, 4.69) is 10.3 Å². The van der Waals surface area contributed by atoms with Gasteiger partial charge in [-0.1, -0.05) is 0 Å². The lowest BCUT2D eigenvalue weighted by molar-refractivity contribution is -0.142. The van der Waals surface area contributed by atoms with E-state index in [0.29, 0.717) is 26.6 Å². The van der Waals surface area contributed by atoms with Crippen molar-refractivity contribution in [2.24, 2.45) is 0 Å². The number of carbonyl (C=O) groups excluding carboxylic acids is 1. The number of ether oxygens (including phenoxy) is 1. The third-order valence-corrected chi connectivity index (χ3v) is 3.94. The number of nitrogens with zero attached hydrogens (tertiary/aromatic N) is 3. The number of fused-ring (bicyclic) bond motifs is 1. The van der Waals surface area contributed by atoms with Gasteiger partial charge in [-0.2, -0.15) is 13.2 Å². The van der Waals surface area contributed by atoms with Gasteiger partial charge in [0.2, 0.25) is 0 Å². The number of nitrogens with one attached hydrogen (secondary N) is 1. The topological polar surface area (TPSA) is 95.2 Å². The van der Waals surface area contributed by atoms with Crippen LogP contribution in [0.1, 0.15) is 5.69 Å². The van der Waals surface area contributed by atoms with Gasteiger partial charge in [0.1, 0.15) is 11.5 Å². The highest BCUT2D eigenvalue weighted by molar-refractivity contribution is 7.97. The number of hydrogen-bond donors (Lipinski definition) is 1. The average Bonchev–Trinajstić information content (AvgIpc) is 2.53. The molecule has 0 aromatic carbocycles. The van der Waals surface area contributed by atoms with E-state index < -0.39 is 29.0 Å². The third-order valence-electron chi connectivity index (χ3n) is 3.23. The fourth-order valence-corrected chi connectivity index (χ4v) is 2.78. The van der Waals surface area contributed by atoms with Crippen molar-refractivity contribution in [2.75, 3.05) is 18.2 Å². The van der Waals surface area contributed by atoms with Crippen molar-refractivity contribution in [1.82, 2.24) is 13.5 Å². The second-order valence-electron chi connectivity index (χ2n) is 4.81. The van der Waals surface area contributed by atoms with Gasteiger partial charge in [-0.25, -0.2) is 18.3 Å². The number of anilines is 1. The van der Waals surface area contributed by atoms with Gasteiger partial charge in [-0.3, -0.25) is 9.59 Å². The monoisotopic (exact) mass is 374 g/mol. The molecule has 1 N–H and O–H groups in total. The number of aromatic nitrogens is 3. The minimum Gasteiger partial charge on any atom is -0.480 e. The second-order valence-corrected chi connectivity index (χ2v) is 5.54. The molecular formula is C13H9F3N4O4S.